The molecule has 0 fully saturated rings. The maximum atomic E-state index is 9.53. The first-order valence-corrected chi connectivity index (χ1v) is 3.33. The van der Waals surface area contributed by atoms with E-state index in [0.717, 1.165) is 0 Å². The molecule has 2 nitrogen and oxygen atoms in total. The fourth-order valence-corrected chi connectivity index (χ4v) is 0. The van der Waals surface area contributed by atoms with Crippen LogP contribution in [-0.4, -0.2) is 29.2 Å². The van der Waals surface area contributed by atoms with Crippen molar-refractivity contribution in [3.8, 4) is 0 Å². The normalized spacial score (nSPS) is 6.40. The Hall–Kier alpha value is -0.0236. The second-order valence-corrected chi connectivity index (χ2v) is 2.80. The summed E-state index contributed by atoms with van der Waals surface area (Å²) in [6, 6.07) is 0. The molecule has 0 amide bonds. The predicted molar refractivity (Wildman–Crippen MR) is 19.6 cm³/mol. The van der Waals surface area contributed by atoms with E-state index in [-0.39, 0.29) is 22.9 Å². The summed E-state index contributed by atoms with van der Waals surface area (Å²) in [4.78, 5) is 18.7. The Morgan fingerprint density at radius 3 is 2.00 bits per heavy atom. The molecule has 0 aliphatic heterocycles. The Bertz CT molecular complexity index is 58.7. The summed E-state index contributed by atoms with van der Waals surface area (Å²) < 4.78 is -0.238. The van der Waals surface area contributed by atoms with Gasteiger partial charge in [0.05, 0.1) is 0 Å². The fraction of sp³-hybridized carbons (Fsp3) is 0. The molecule has 0 N–H and O–H groups in total. The molecule has 0 saturated carbocycles. The van der Waals surface area contributed by atoms with Gasteiger partial charge in [0.2, 0.25) is 0 Å². The summed E-state index contributed by atoms with van der Waals surface area (Å²) in [7, 11) is 0. The predicted octanol–water partition coefficient (Wildman–Crippen LogP) is -1.66. The first-order valence-electron chi connectivity index (χ1n) is 1.23. The summed E-state index contributed by atoms with van der Waals surface area (Å²) in [6.45, 7) is 0. The van der Waals surface area contributed by atoms with Crippen LogP contribution < -0.4 is 0 Å². The minimum atomic E-state index is -0.238. The Labute approximate surface area is 39.5 Å². The molecule has 0 atom stereocenters. The Balaban J connectivity index is 3.20. The first-order chi connectivity index (χ1) is 2.27. The SMILES string of the molecule is O=C[C](=O)[GaH2]. The Morgan fingerprint density at radius 1 is 1.80 bits per heavy atom. The molecule has 0 saturated heterocycles. The number of hydrogen-bond acceptors (Lipinski definition) is 2. The van der Waals surface area contributed by atoms with E-state index in [1.165, 1.54) is 0 Å². The van der Waals surface area contributed by atoms with Gasteiger partial charge in [0.25, 0.3) is 0 Å². The Morgan fingerprint density at radius 2 is 2.00 bits per heavy atom. The van der Waals surface area contributed by atoms with Gasteiger partial charge in [-0.1, -0.05) is 0 Å². The second kappa shape index (κ2) is 2.23. The van der Waals surface area contributed by atoms with Crippen molar-refractivity contribution in [2.45, 2.75) is 0 Å². The van der Waals surface area contributed by atoms with Gasteiger partial charge in [-0.3, -0.25) is 0 Å². The van der Waals surface area contributed by atoms with Crippen molar-refractivity contribution in [2.75, 3.05) is 0 Å². The van der Waals surface area contributed by atoms with Gasteiger partial charge < -0.3 is 0 Å². The van der Waals surface area contributed by atoms with E-state index in [0.29, 0.717) is 6.29 Å². The number of rotatable bonds is 1. The third-order valence-corrected chi connectivity index (χ3v) is 0.660. The third-order valence-electron chi connectivity index (χ3n) is 0.166. The van der Waals surface area contributed by atoms with Crippen LogP contribution >= 0.6 is 0 Å². The van der Waals surface area contributed by atoms with Crippen molar-refractivity contribution >= 4 is 29.2 Å². The Kier molecular flexibility index (Phi) is 2.22. The van der Waals surface area contributed by atoms with Gasteiger partial charge in [0, 0.05) is 0 Å². The van der Waals surface area contributed by atoms with Crippen molar-refractivity contribution in [3.63, 3.8) is 0 Å². The monoisotopic (exact) mass is 128 g/mol. The van der Waals surface area contributed by atoms with Gasteiger partial charge >= 0.3 is 38.8 Å². The van der Waals surface area contributed by atoms with E-state index in [1.54, 1.807) is 0 Å². The number of carbonyl (C=O) groups is 2. The van der Waals surface area contributed by atoms with Crippen molar-refractivity contribution in [1.29, 1.82) is 0 Å². The van der Waals surface area contributed by atoms with Crippen molar-refractivity contribution < 1.29 is 9.59 Å². The van der Waals surface area contributed by atoms with Crippen LogP contribution in [0.15, 0.2) is 0 Å². The molecule has 0 spiro atoms. The van der Waals surface area contributed by atoms with Crippen LogP contribution in [0.2, 0.25) is 0 Å². The molecule has 0 aromatic rings. The first kappa shape index (κ1) is 4.98. The molecule has 3 heteroatoms. The van der Waals surface area contributed by atoms with E-state index in [1.807, 2.05) is 0 Å². The number of carbonyl (C=O) groups excluding carboxylic acids is 2. The minimum absolute atomic E-state index is 0.0642. The average molecular weight is 129 g/mol. The van der Waals surface area contributed by atoms with Crippen LogP contribution in [0.4, 0.5) is 0 Å². The fourth-order valence-electron chi connectivity index (χ4n) is 0. The number of aldehydes is 1. The van der Waals surface area contributed by atoms with Crippen molar-refractivity contribution in [3.05, 3.63) is 0 Å². The van der Waals surface area contributed by atoms with E-state index < -0.39 is 0 Å². The van der Waals surface area contributed by atoms with Crippen LogP contribution in [0.3, 0.4) is 0 Å². The van der Waals surface area contributed by atoms with Gasteiger partial charge in [-0.05, 0) is 0 Å². The maximum absolute atomic E-state index is 9.53. The van der Waals surface area contributed by atoms with Crippen LogP contribution in [0.1, 0.15) is 0 Å². The third kappa shape index (κ3) is 3.98. The van der Waals surface area contributed by atoms with Crippen LogP contribution in [-0.2, 0) is 9.59 Å². The van der Waals surface area contributed by atoms with Gasteiger partial charge in [-0.2, -0.15) is 0 Å². The summed E-state index contributed by atoms with van der Waals surface area (Å²) >= 11 is 0.0642. The van der Waals surface area contributed by atoms with Crippen LogP contribution in [0.5, 0.6) is 0 Å². The number of hydrogen-bond donors (Lipinski definition) is 0. The molecule has 0 aromatic heterocycles. The molecule has 0 unspecified atom stereocenters. The van der Waals surface area contributed by atoms with E-state index in [9.17, 15) is 9.59 Å². The molecule has 0 aromatic carbocycles. The molecular formula is C2H3GaO2. The summed E-state index contributed by atoms with van der Waals surface area (Å²) in [5, 5.41) is 0. The topological polar surface area (TPSA) is 34.1 Å². The quantitative estimate of drug-likeness (QED) is 0.241. The molecule has 0 aliphatic carbocycles. The molecular weight excluding hydrogens is 126 g/mol. The second-order valence-electron chi connectivity index (χ2n) is 0.729. The van der Waals surface area contributed by atoms with E-state index in [4.69, 9.17) is 0 Å². The average Bonchev–Trinajstić information content (AvgIpc) is 1.38. The molecule has 0 radical (unpaired) electrons. The molecule has 5 heavy (non-hydrogen) atoms. The zero-order valence-electron chi connectivity index (χ0n) is 2.89. The van der Waals surface area contributed by atoms with E-state index in [2.05, 4.69) is 0 Å². The van der Waals surface area contributed by atoms with Gasteiger partial charge in [-0.15, -0.1) is 0 Å². The molecule has 26 valence electrons. The molecule has 0 bridgehead atoms. The standard InChI is InChI=1S/C2HO2.Ga.2H/c3-1-2-4;;;/h1H;;;. The summed E-state index contributed by atoms with van der Waals surface area (Å²) in [6.07, 6.45) is 0.361. The van der Waals surface area contributed by atoms with Crippen molar-refractivity contribution in [1.82, 2.24) is 0 Å². The van der Waals surface area contributed by atoms with E-state index >= 15 is 0 Å². The van der Waals surface area contributed by atoms with Gasteiger partial charge in [0.15, 0.2) is 0 Å². The summed E-state index contributed by atoms with van der Waals surface area (Å²) in [5.41, 5.74) is 0. The molecule has 0 heterocycles. The van der Waals surface area contributed by atoms with Crippen LogP contribution in [0.25, 0.3) is 0 Å². The van der Waals surface area contributed by atoms with Crippen LogP contribution in [0, 0.1) is 0 Å². The van der Waals surface area contributed by atoms with Crippen molar-refractivity contribution in [2.24, 2.45) is 0 Å². The van der Waals surface area contributed by atoms with Gasteiger partial charge in [-0.25, -0.2) is 0 Å². The van der Waals surface area contributed by atoms with Gasteiger partial charge in [0.1, 0.15) is 0 Å². The zero-order chi connectivity index (χ0) is 4.28. The molecule has 0 rings (SSSR count). The molecule has 0 aliphatic rings. The summed E-state index contributed by atoms with van der Waals surface area (Å²) in [5.74, 6) is 0. The zero-order valence-corrected chi connectivity index (χ0v) is 7.09.